The Bertz CT molecular complexity index is 983. The van der Waals surface area contributed by atoms with Gasteiger partial charge in [0.05, 0.1) is 18.7 Å². The molecule has 0 saturated carbocycles. The third-order valence-corrected chi connectivity index (χ3v) is 5.65. The first kappa shape index (κ1) is 22.5. The number of hydrogen-bond acceptors (Lipinski definition) is 5. The summed E-state index contributed by atoms with van der Waals surface area (Å²) in [5.41, 5.74) is 0.417. The Labute approximate surface area is 181 Å². The molecule has 164 valence electrons. The summed E-state index contributed by atoms with van der Waals surface area (Å²) >= 11 is 0. The smallest absolute Gasteiger partial charge is 0.295 e. The highest BCUT2D eigenvalue weighted by Crippen LogP contribution is 2.40. The fourth-order valence-corrected chi connectivity index (χ4v) is 3.82. The lowest BCUT2D eigenvalue weighted by Crippen LogP contribution is -2.38. The fourth-order valence-electron chi connectivity index (χ4n) is 3.82. The molecule has 0 bridgehead atoms. The third kappa shape index (κ3) is 4.46. The standard InChI is InChI=1S/C24H27FN2O4/c1-4-26(5-2)14-15-27-21(18-8-6-7-9-19(18)25)20(23(29)24(27)30)22(28)16-10-12-17(31-3)13-11-16/h6-13,21,28H,4-5,14-15H2,1-3H3/b22-20+/t21-/m1/s1. The number of benzene rings is 2. The minimum absolute atomic E-state index is 0.111. The number of ketones is 1. The minimum atomic E-state index is -1.00. The monoisotopic (exact) mass is 426 g/mol. The van der Waals surface area contributed by atoms with Crippen LogP contribution in [0, 0.1) is 5.82 Å². The van der Waals surface area contributed by atoms with Gasteiger partial charge in [-0.15, -0.1) is 0 Å². The summed E-state index contributed by atoms with van der Waals surface area (Å²) in [6.45, 7) is 6.37. The van der Waals surface area contributed by atoms with Crippen molar-refractivity contribution in [3.8, 4) is 5.75 Å². The average Bonchev–Trinajstić information content (AvgIpc) is 3.04. The van der Waals surface area contributed by atoms with Gasteiger partial charge in [-0.1, -0.05) is 32.0 Å². The van der Waals surface area contributed by atoms with Gasteiger partial charge in [0.15, 0.2) is 0 Å². The van der Waals surface area contributed by atoms with Gasteiger partial charge in [-0.2, -0.15) is 0 Å². The lowest BCUT2D eigenvalue weighted by atomic mass is 9.95. The fraction of sp³-hybridized carbons (Fsp3) is 0.333. The zero-order valence-electron chi connectivity index (χ0n) is 18.0. The number of rotatable bonds is 8. The number of nitrogens with zero attached hydrogens (tertiary/aromatic N) is 2. The number of amides is 1. The van der Waals surface area contributed by atoms with Crippen LogP contribution in [0.15, 0.2) is 54.1 Å². The SMILES string of the molecule is CCN(CC)CCN1C(=O)C(=O)/C(=C(/O)c2ccc(OC)cc2)[C@H]1c1ccccc1F. The molecule has 2 aromatic rings. The van der Waals surface area contributed by atoms with E-state index >= 15 is 0 Å². The molecule has 1 aliphatic rings. The van der Waals surface area contributed by atoms with Crippen molar-refractivity contribution in [1.29, 1.82) is 0 Å². The minimum Gasteiger partial charge on any atom is -0.507 e. The Morgan fingerprint density at radius 3 is 2.32 bits per heavy atom. The number of likely N-dealkylation sites (N-methyl/N-ethyl adjacent to an activating group) is 1. The Morgan fingerprint density at radius 1 is 1.10 bits per heavy atom. The van der Waals surface area contributed by atoms with E-state index in [2.05, 4.69) is 4.90 Å². The van der Waals surface area contributed by atoms with Gasteiger partial charge in [0.2, 0.25) is 0 Å². The molecule has 0 aliphatic carbocycles. The number of aliphatic hydroxyl groups excluding tert-OH is 1. The molecular weight excluding hydrogens is 399 g/mol. The molecule has 1 amide bonds. The highest BCUT2D eigenvalue weighted by Gasteiger charge is 2.46. The summed E-state index contributed by atoms with van der Waals surface area (Å²) in [5, 5.41) is 11.0. The van der Waals surface area contributed by atoms with Crippen molar-refractivity contribution >= 4 is 17.4 Å². The van der Waals surface area contributed by atoms with Crippen molar-refractivity contribution in [3.63, 3.8) is 0 Å². The highest BCUT2D eigenvalue weighted by atomic mass is 19.1. The van der Waals surface area contributed by atoms with Crippen LogP contribution in [-0.4, -0.2) is 59.9 Å². The average molecular weight is 426 g/mol. The molecule has 1 saturated heterocycles. The first-order valence-corrected chi connectivity index (χ1v) is 10.3. The molecule has 1 heterocycles. The van der Waals surface area contributed by atoms with Gasteiger partial charge in [-0.25, -0.2) is 4.39 Å². The quantitative estimate of drug-likeness (QED) is 0.397. The Kier molecular flexibility index (Phi) is 7.07. The molecule has 0 unspecified atom stereocenters. The van der Waals surface area contributed by atoms with Gasteiger partial charge in [-0.05, 0) is 43.4 Å². The predicted molar refractivity (Wildman–Crippen MR) is 116 cm³/mol. The lowest BCUT2D eigenvalue weighted by molar-refractivity contribution is -0.140. The Balaban J connectivity index is 2.10. The van der Waals surface area contributed by atoms with Crippen LogP contribution in [-0.2, 0) is 9.59 Å². The van der Waals surface area contributed by atoms with Crippen LogP contribution >= 0.6 is 0 Å². The topological polar surface area (TPSA) is 70.1 Å². The first-order valence-electron chi connectivity index (χ1n) is 10.3. The van der Waals surface area contributed by atoms with Gasteiger partial charge in [-0.3, -0.25) is 9.59 Å². The number of likely N-dealkylation sites (tertiary alicyclic amines) is 1. The molecule has 1 N–H and O–H groups in total. The number of methoxy groups -OCH3 is 1. The van der Waals surface area contributed by atoms with Gasteiger partial charge < -0.3 is 19.6 Å². The van der Waals surface area contributed by atoms with E-state index in [0.717, 1.165) is 13.1 Å². The maximum Gasteiger partial charge on any atom is 0.295 e. The van der Waals surface area contributed by atoms with Crippen LogP contribution in [0.2, 0.25) is 0 Å². The maximum atomic E-state index is 14.8. The number of halogens is 1. The molecule has 1 atom stereocenters. The zero-order valence-corrected chi connectivity index (χ0v) is 18.0. The summed E-state index contributed by atoms with van der Waals surface area (Å²) in [7, 11) is 1.52. The van der Waals surface area contributed by atoms with Gasteiger partial charge >= 0.3 is 0 Å². The Hall–Kier alpha value is -3.19. The zero-order chi connectivity index (χ0) is 22.5. The molecule has 6 nitrogen and oxygen atoms in total. The van der Waals surface area contributed by atoms with Crippen LogP contribution < -0.4 is 4.74 Å². The van der Waals surface area contributed by atoms with E-state index in [4.69, 9.17) is 4.74 Å². The van der Waals surface area contributed by atoms with Crippen LogP contribution in [0.5, 0.6) is 5.75 Å². The molecule has 1 fully saturated rings. The normalized spacial score (nSPS) is 18.1. The van der Waals surface area contributed by atoms with Gasteiger partial charge in [0, 0.05) is 24.2 Å². The summed E-state index contributed by atoms with van der Waals surface area (Å²) in [6, 6.07) is 11.5. The van der Waals surface area contributed by atoms with Crippen LogP contribution in [0.25, 0.3) is 5.76 Å². The molecular formula is C24H27FN2O4. The van der Waals surface area contributed by atoms with E-state index in [0.29, 0.717) is 17.9 Å². The summed E-state index contributed by atoms with van der Waals surface area (Å²) < 4.78 is 19.9. The number of carbonyl (C=O) groups is 2. The van der Waals surface area contributed by atoms with Crippen molar-refractivity contribution in [1.82, 2.24) is 9.80 Å². The van der Waals surface area contributed by atoms with Crippen molar-refractivity contribution in [2.24, 2.45) is 0 Å². The van der Waals surface area contributed by atoms with Gasteiger partial charge in [0.25, 0.3) is 11.7 Å². The second-order valence-corrected chi connectivity index (χ2v) is 7.27. The van der Waals surface area contributed by atoms with E-state index in [-0.39, 0.29) is 23.4 Å². The molecule has 31 heavy (non-hydrogen) atoms. The second-order valence-electron chi connectivity index (χ2n) is 7.27. The molecule has 7 heteroatoms. The molecule has 0 aromatic heterocycles. The predicted octanol–water partition coefficient (Wildman–Crippen LogP) is 3.60. The maximum absolute atomic E-state index is 14.8. The van der Waals surface area contributed by atoms with Crippen LogP contribution in [0.1, 0.15) is 31.0 Å². The molecule has 0 radical (unpaired) electrons. The van der Waals surface area contributed by atoms with Crippen LogP contribution in [0.4, 0.5) is 4.39 Å². The third-order valence-electron chi connectivity index (χ3n) is 5.65. The van der Waals surface area contributed by atoms with E-state index in [1.165, 1.54) is 24.1 Å². The summed E-state index contributed by atoms with van der Waals surface area (Å²) in [4.78, 5) is 29.3. The van der Waals surface area contributed by atoms with Crippen LogP contribution in [0.3, 0.4) is 0 Å². The largest absolute Gasteiger partial charge is 0.507 e. The second kappa shape index (κ2) is 9.75. The summed E-state index contributed by atoms with van der Waals surface area (Å²) in [6.07, 6.45) is 0. The van der Waals surface area contributed by atoms with E-state index in [1.54, 1.807) is 36.4 Å². The number of aliphatic hydroxyl groups is 1. The van der Waals surface area contributed by atoms with Crippen molar-refractivity contribution in [2.45, 2.75) is 19.9 Å². The summed E-state index contributed by atoms with van der Waals surface area (Å²) in [5.74, 6) is -1.85. The molecule has 1 aliphatic heterocycles. The van der Waals surface area contributed by atoms with Crippen molar-refractivity contribution in [3.05, 3.63) is 71.0 Å². The molecule has 2 aromatic carbocycles. The highest BCUT2D eigenvalue weighted by molar-refractivity contribution is 6.46. The molecule has 0 spiro atoms. The first-order chi connectivity index (χ1) is 14.9. The number of hydrogen-bond donors (Lipinski definition) is 1. The number of carbonyl (C=O) groups excluding carboxylic acids is 2. The lowest BCUT2D eigenvalue weighted by Gasteiger charge is -2.28. The number of Topliss-reactive ketones (excluding diaryl/α,β-unsaturated/α-hetero) is 1. The van der Waals surface area contributed by atoms with Crippen molar-refractivity contribution < 1.29 is 23.8 Å². The molecule has 3 rings (SSSR count). The van der Waals surface area contributed by atoms with Gasteiger partial charge in [0.1, 0.15) is 17.3 Å². The van der Waals surface area contributed by atoms with E-state index in [1.807, 2.05) is 13.8 Å². The van der Waals surface area contributed by atoms with E-state index < -0.39 is 23.5 Å². The number of ether oxygens (including phenoxy) is 1. The van der Waals surface area contributed by atoms with Crippen molar-refractivity contribution in [2.75, 3.05) is 33.3 Å². The Morgan fingerprint density at radius 2 is 1.74 bits per heavy atom. The van der Waals surface area contributed by atoms with E-state index in [9.17, 15) is 19.1 Å².